The smallest absolute Gasteiger partial charge is 0.0883 e. The van der Waals surface area contributed by atoms with Crippen LogP contribution < -0.4 is 0 Å². The zero-order chi connectivity index (χ0) is 11.1. The van der Waals surface area contributed by atoms with Gasteiger partial charge in [0.05, 0.1) is 12.2 Å². The lowest BCUT2D eigenvalue weighted by Gasteiger charge is -1.95. The Morgan fingerprint density at radius 3 is 2.44 bits per heavy atom. The molecule has 1 aromatic carbocycles. The molecule has 1 aromatic heterocycles. The summed E-state index contributed by atoms with van der Waals surface area (Å²) in [5.74, 6) is 0. The molecule has 16 heavy (non-hydrogen) atoms. The van der Waals surface area contributed by atoms with Crippen molar-refractivity contribution in [3.05, 3.63) is 60.4 Å². The molecule has 2 aromatic rings. The van der Waals surface area contributed by atoms with Gasteiger partial charge in [0.1, 0.15) is 0 Å². The zero-order valence-corrected chi connectivity index (χ0v) is 8.95. The van der Waals surface area contributed by atoms with Gasteiger partial charge in [-0.3, -0.25) is 4.98 Å². The topological polar surface area (TPSA) is 37.6 Å². The second-order valence-corrected chi connectivity index (χ2v) is 3.41. The van der Waals surface area contributed by atoms with Crippen molar-refractivity contribution in [3.8, 4) is 0 Å². The molecule has 0 aliphatic carbocycles. The van der Waals surface area contributed by atoms with Gasteiger partial charge in [0, 0.05) is 12.4 Å². The Hall–Kier alpha value is -2.03. The maximum atomic E-state index is 4.13. The first kappa shape index (κ1) is 10.5. The molecule has 3 heteroatoms. The summed E-state index contributed by atoms with van der Waals surface area (Å²) >= 11 is 0. The summed E-state index contributed by atoms with van der Waals surface area (Å²) in [5, 5.41) is 8.24. The molecule has 0 saturated heterocycles. The summed E-state index contributed by atoms with van der Waals surface area (Å²) in [6.07, 6.45) is 4.35. The molecule has 0 fully saturated rings. The Bertz CT molecular complexity index is 437. The number of hydrogen-bond donors (Lipinski definition) is 0. The van der Waals surface area contributed by atoms with Gasteiger partial charge in [-0.2, -0.15) is 10.2 Å². The van der Waals surface area contributed by atoms with Crippen LogP contribution >= 0.6 is 0 Å². The summed E-state index contributed by atoms with van der Waals surface area (Å²) in [6, 6.07) is 14.0. The summed E-state index contributed by atoms with van der Waals surface area (Å²) in [4.78, 5) is 3.92. The van der Waals surface area contributed by atoms with E-state index in [4.69, 9.17) is 0 Å². The van der Waals surface area contributed by atoms with Crippen molar-refractivity contribution in [3.63, 3.8) is 0 Å². The average molecular weight is 211 g/mol. The number of rotatable bonds is 4. The van der Waals surface area contributed by atoms with E-state index < -0.39 is 0 Å². The van der Waals surface area contributed by atoms with Crippen LogP contribution in [0.15, 0.2) is 65.1 Å². The number of pyridine rings is 1. The minimum Gasteiger partial charge on any atom is -0.265 e. The Morgan fingerprint density at radius 1 is 0.938 bits per heavy atom. The van der Waals surface area contributed by atoms with Crippen molar-refractivity contribution >= 4 is 5.69 Å². The lowest BCUT2D eigenvalue weighted by Crippen LogP contribution is -1.87. The fraction of sp³-hybridized carbons (Fsp3) is 0.154. The molecule has 0 aliphatic rings. The third kappa shape index (κ3) is 3.28. The highest BCUT2D eigenvalue weighted by Crippen LogP contribution is 2.09. The number of aromatic nitrogens is 1. The van der Waals surface area contributed by atoms with Crippen LogP contribution in [0.3, 0.4) is 0 Å². The summed E-state index contributed by atoms with van der Waals surface area (Å²) in [6.45, 7) is 0.715. The summed E-state index contributed by atoms with van der Waals surface area (Å²) < 4.78 is 0. The van der Waals surface area contributed by atoms with Gasteiger partial charge < -0.3 is 0 Å². The Morgan fingerprint density at radius 2 is 1.69 bits per heavy atom. The van der Waals surface area contributed by atoms with Gasteiger partial charge in [-0.25, -0.2) is 0 Å². The van der Waals surface area contributed by atoms with Crippen molar-refractivity contribution in [1.82, 2.24) is 4.98 Å². The van der Waals surface area contributed by atoms with Crippen LogP contribution in [0.1, 0.15) is 5.56 Å². The molecule has 80 valence electrons. The van der Waals surface area contributed by atoms with Crippen LogP contribution in [0.2, 0.25) is 0 Å². The quantitative estimate of drug-likeness (QED) is 0.714. The minimum absolute atomic E-state index is 0.715. The van der Waals surface area contributed by atoms with E-state index in [1.54, 1.807) is 12.4 Å². The first-order chi connectivity index (χ1) is 7.95. The molecule has 0 N–H and O–H groups in total. The highest BCUT2D eigenvalue weighted by molar-refractivity contribution is 5.32. The molecule has 1 heterocycles. The molecule has 0 amide bonds. The van der Waals surface area contributed by atoms with Gasteiger partial charge in [-0.1, -0.05) is 30.3 Å². The predicted octanol–water partition coefficient (Wildman–Crippen LogP) is 3.41. The maximum absolute atomic E-state index is 4.13. The lowest BCUT2D eigenvalue weighted by molar-refractivity contribution is 0.903. The molecule has 0 saturated carbocycles. The molecule has 3 nitrogen and oxygen atoms in total. The fourth-order valence-corrected chi connectivity index (χ4v) is 1.37. The molecule has 0 aliphatic heterocycles. The van der Waals surface area contributed by atoms with Crippen LogP contribution in [0.25, 0.3) is 0 Å². The molecule has 0 atom stereocenters. The van der Waals surface area contributed by atoms with Gasteiger partial charge in [-0.15, -0.1) is 0 Å². The Kier molecular flexibility index (Phi) is 3.77. The summed E-state index contributed by atoms with van der Waals surface area (Å²) in [7, 11) is 0. The largest absolute Gasteiger partial charge is 0.265 e. The van der Waals surface area contributed by atoms with Gasteiger partial charge in [0.25, 0.3) is 0 Å². The predicted molar refractivity (Wildman–Crippen MR) is 63.8 cm³/mol. The zero-order valence-electron chi connectivity index (χ0n) is 8.95. The number of nitrogens with zero attached hydrogens (tertiary/aromatic N) is 3. The molecule has 2 rings (SSSR count). The van der Waals surface area contributed by atoms with E-state index in [0.717, 1.165) is 12.1 Å². The first-order valence-corrected chi connectivity index (χ1v) is 5.26. The molecular weight excluding hydrogens is 198 g/mol. The standard InChI is InChI=1S/C13H13N3/c1-2-4-12(5-3-1)6-11-15-16-13-7-9-14-10-8-13/h1-5,7-10H,6,11H2. The number of benzene rings is 1. The molecular formula is C13H13N3. The van der Waals surface area contributed by atoms with Crippen molar-refractivity contribution < 1.29 is 0 Å². The van der Waals surface area contributed by atoms with E-state index >= 15 is 0 Å². The highest BCUT2D eigenvalue weighted by atomic mass is 15.1. The van der Waals surface area contributed by atoms with Crippen LogP contribution in [0, 0.1) is 0 Å². The van der Waals surface area contributed by atoms with Crippen molar-refractivity contribution in [2.24, 2.45) is 10.2 Å². The van der Waals surface area contributed by atoms with Crippen molar-refractivity contribution in [2.45, 2.75) is 6.42 Å². The van der Waals surface area contributed by atoms with Crippen molar-refractivity contribution in [1.29, 1.82) is 0 Å². The second kappa shape index (κ2) is 5.75. The average Bonchev–Trinajstić information content (AvgIpc) is 2.37. The number of azo groups is 1. The van der Waals surface area contributed by atoms with Crippen LogP contribution in [0.4, 0.5) is 5.69 Å². The molecule has 0 bridgehead atoms. The summed E-state index contributed by atoms with van der Waals surface area (Å²) in [5.41, 5.74) is 2.14. The molecule has 0 unspecified atom stereocenters. The SMILES string of the molecule is c1ccc(CCN=Nc2ccncc2)cc1. The van der Waals surface area contributed by atoms with E-state index in [9.17, 15) is 0 Å². The van der Waals surface area contributed by atoms with E-state index in [-0.39, 0.29) is 0 Å². The lowest BCUT2D eigenvalue weighted by atomic mass is 10.2. The number of hydrogen-bond acceptors (Lipinski definition) is 3. The first-order valence-electron chi connectivity index (χ1n) is 5.26. The van der Waals surface area contributed by atoms with Gasteiger partial charge >= 0.3 is 0 Å². The molecule has 0 radical (unpaired) electrons. The third-order valence-electron chi connectivity index (χ3n) is 2.19. The second-order valence-electron chi connectivity index (χ2n) is 3.41. The molecule has 0 spiro atoms. The van der Waals surface area contributed by atoms with Crippen molar-refractivity contribution in [2.75, 3.05) is 6.54 Å². The van der Waals surface area contributed by atoms with Gasteiger partial charge in [-0.05, 0) is 24.1 Å². The van der Waals surface area contributed by atoms with E-state index in [0.29, 0.717) is 6.54 Å². The van der Waals surface area contributed by atoms with E-state index in [2.05, 4.69) is 27.3 Å². The Labute approximate surface area is 94.9 Å². The van der Waals surface area contributed by atoms with Crippen LogP contribution in [-0.4, -0.2) is 11.5 Å². The monoisotopic (exact) mass is 211 g/mol. The van der Waals surface area contributed by atoms with Crippen LogP contribution in [0.5, 0.6) is 0 Å². The minimum atomic E-state index is 0.715. The Balaban J connectivity index is 1.83. The van der Waals surface area contributed by atoms with Crippen LogP contribution in [-0.2, 0) is 6.42 Å². The van der Waals surface area contributed by atoms with Gasteiger partial charge in [0.15, 0.2) is 0 Å². The fourth-order valence-electron chi connectivity index (χ4n) is 1.37. The van der Waals surface area contributed by atoms with Gasteiger partial charge in [0.2, 0.25) is 0 Å². The normalized spacial score (nSPS) is 10.8. The van der Waals surface area contributed by atoms with E-state index in [1.807, 2.05) is 30.3 Å². The third-order valence-corrected chi connectivity index (χ3v) is 2.19. The van der Waals surface area contributed by atoms with E-state index in [1.165, 1.54) is 5.56 Å². The maximum Gasteiger partial charge on any atom is 0.0883 e. The highest BCUT2D eigenvalue weighted by Gasteiger charge is 1.89.